The summed E-state index contributed by atoms with van der Waals surface area (Å²) in [6.07, 6.45) is 5.27. The Bertz CT molecular complexity index is 1700. The highest BCUT2D eigenvalue weighted by Crippen LogP contribution is 2.32. The van der Waals surface area contributed by atoms with Crippen molar-refractivity contribution < 1.29 is 4.39 Å². The lowest BCUT2D eigenvalue weighted by atomic mass is 10.0. The van der Waals surface area contributed by atoms with E-state index in [-0.39, 0.29) is 5.82 Å². The van der Waals surface area contributed by atoms with Crippen molar-refractivity contribution in [1.29, 1.82) is 0 Å². The van der Waals surface area contributed by atoms with Crippen LogP contribution in [-0.4, -0.2) is 49.2 Å². The minimum Gasteiger partial charge on any atom is -0.376 e. The van der Waals surface area contributed by atoms with E-state index in [2.05, 4.69) is 30.1 Å². The predicted molar refractivity (Wildman–Crippen MR) is 134 cm³/mol. The zero-order valence-electron chi connectivity index (χ0n) is 19.3. The minimum absolute atomic E-state index is 0.285. The average Bonchev–Trinajstić information content (AvgIpc) is 3.47. The van der Waals surface area contributed by atoms with Gasteiger partial charge in [0.2, 0.25) is 0 Å². The molecule has 1 aromatic carbocycles. The summed E-state index contributed by atoms with van der Waals surface area (Å²) in [5, 5.41) is 7.51. The number of hydrogen-bond donors (Lipinski definition) is 2. The van der Waals surface area contributed by atoms with E-state index in [0.717, 1.165) is 39.2 Å². The number of aryl methyl sites for hydroxylation is 1. The number of nitrogens with zero attached hydrogens (tertiary/aromatic N) is 6. The third-order valence-electron chi connectivity index (χ3n) is 5.91. The van der Waals surface area contributed by atoms with Crippen molar-refractivity contribution >= 4 is 27.9 Å². The first-order valence-corrected chi connectivity index (χ1v) is 11.1. The summed E-state index contributed by atoms with van der Waals surface area (Å²) >= 11 is 0. The fourth-order valence-corrected chi connectivity index (χ4v) is 4.19. The van der Waals surface area contributed by atoms with E-state index >= 15 is 0 Å². The second kappa shape index (κ2) is 7.98. The van der Waals surface area contributed by atoms with Crippen LogP contribution in [0.3, 0.4) is 0 Å². The van der Waals surface area contributed by atoms with Crippen LogP contribution in [0.1, 0.15) is 5.56 Å². The predicted octanol–water partition coefficient (Wildman–Crippen LogP) is 5.14. The summed E-state index contributed by atoms with van der Waals surface area (Å²) < 4.78 is 14.1. The number of nitrogens with one attached hydrogen (secondary N) is 2. The summed E-state index contributed by atoms with van der Waals surface area (Å²) in [5.74, 6) is 0.247. The van der Waals surface area contributed by atoms with Gasteiger partial charge < -0.3 is 9.88 Å². The Morgan fingerprint density at radius 2 is 1.83 bits per heavy atom. The van der Waals surface area contributed by atoms with E-state index in [1.807, 2.05) is 62.4 Å². The molecule has 0 atom stereocenters. The van der Waals surface area contributed by atoms with Gasteiger partial charge in [-0.1, -0.05) is 6.07 Å². The molecule has 0 aliphatic carbocycles. The molecule has 8 nitrogen and oxygen atoms in total. The first-order chi connectivity index (χ1) is 17.0. The van der Waals surface area contributed by atoms with E-state index < -0.39 is 0 Å². The molecule has 6 rings (SSSR count). The normalized spacial score (nSPS) is 11.4. The van der Waals surface area contributed by atoms with Crippen molar-refractivity contribution in [1.82, 2.24) is 35.1 Å². The zero-order chi connectivity index (χ0) is 24.1. The second-order valence-electron chi connectivity index (χ2n) is 8.65. The first kappa shape index (κ1) is 20.9. The highest BCUT2D eigenvalue weighted by atomic mass is 19.1. The van der Waals surface area contributed by atoms with Crippen LogP contribution < -0.4 is 4.90 Å². The Labute approximate surface area is 199 Å². The molecule has 35 heavy (non-hydrogen) atoms. The number of benzene rings is 1. The van der Waals surface area contributed by atoms with Gasteiger partial charge in [0.1, 0.15) is 11.3 Å². The topological polar surface area (TPSA) is 99.3 Å². The minimum atomic E-state index is -0.285. The number of H-pyrrole nitrogens is 2. The number of pyridine rings is 3. The fourth-order valence-electron chi connectivity index (χ4n) is 4.19. The molecule has 0 radical (unpaired) electrons. The Kier molecular flexibility index (Phi) is 4.77. The van der Waals surface area contributed by atoms with Gasteiger partial charge in [0.05, 0.1) is 28.6 Å². The van der Waals surface area contributed by atoms with E-state index in [1.165, 1.54) is 12.1 Å². The number of imidazole rings is 1. The van der Waals surface area contributed by atoms with Crippen LogP contribution in [0.25, 0.3) is 56.1 Å². The molecule has 0 aliphatic heterocycles. The van der Waals surface area contributed by atoms with Gasteiger partial charge in [-0.05, 0) is 54.4 Å². The molecule has 0 unspecified atom stereocenters. The lowest BCUT2D eigenvalue weighted by molar-refractivity contribution is 0.627. The average molecular weight is 465 g/mol. The molecule has 172 valence electrons. The largest absolute Gasteiger partial charge is 0.376 e. The third-order valence-corrected chi connectivity index (χ3v) is 5.91. The molecule has 0 bridgehead atoms. The standard InChI is InChI=1S/C26H21FN8/c1-14-8-15(10-17(27)9-14)19-6-7-29-25-22(19)31-26(32-25)24-23-21(33-34-24)5-4-20(30-23)16-11-18(35(2)3)13-28-12-16/h4-13H,1-3H3,(H,33,34)(H,29,31,32). The van der Waals surface area contributed by atoms with Gasteiger partial charge in [-0.2, -0.15) is 5.10 Å². The van der Waals surface area contributed by atoms with Crippen LogP contribution in [0.2, 0.25) is 0 Å². The van der Waals surface area contributed by atoms with E-state index in [0.29, 0.717) is 28.2 Å². The number of hydrogen-bond acceptors (Lipinski definition) is 6. The monoisotopic (exact) mass is 464 g/mol. The summed E-state index contributed by atoms with van der Waals surface area (Å²) in [7, 11) is 3.95. The highest BCUT2D eigenvalue weighted by molar-refractivity contribution is 5.95. The maximum Gasteiger partial charge on any atom is 0.178 e. The summed E-state index contributed by atoms with van der Waals surface area (Å²) in [6.45, 7) is 1.87. The van der Waals surface area contributed by atoms with Gasteiger partial charge in [0.15, 0.2) is 17.2 Å². The molecule has 5 heterocycles. The van der Waals surface area contributed by atoms with Gasteiger partial charge in [-0.25, -0.2) is 19.3 Å². The Morgan fingerprint density at radius 3 is 2.66 bits per heavy atom. The van der Waals surface area contributed by atoms with Crippen molar-refractivity contribution in [2.45, 2.75) is 6.92 Å². The number of rotatable bonds is 4. The van der Waals surface area contributed by atoms with Crippen molar-refractivity contribution in [3.63, 3.8) is 0 Å². The van der Waals surface area contributed by atoms with Crippen LogP contribution in [0, 0.1) is 12.7 Å². The number of aromatic amines is 2. The van der Waals surface area contributed by atoms with Crippen LogP contribution in [0.15, 0.2) is 61.1 Å². The molecule has 9 heteroatoms. The van der Waals surface area contributed by atoms with Gasteiger partial charge in [0, 0.05) is 37.6 Å². The lowest BCUT2D eigenvalue weighted by Crippen LogP contribution is -2.08. The molecule has 0 saturated carbocycles. The third kappa shape index (κ3) is 3.67. The molecular weight excluding hydrogens is 443 g/mol. The summed E-state index contributed by atoms with van der Waals surface area (Å²) in [5.41, 5.74) is 8.36. The highest BCUT2D eigenvalue weighted by Gasteiger charge is 2.18. The quantitative estimate of drug-likeness (QED) is 0.375. The smallest absolute Gasteiger partial charge is 0.178 e. The number of fused-ring (bicyclic) bond motifs is 2. The SMILES string of the molecule is Cc1cc(F)cc(-c2ccnc3nc(-c4n[nH]c5ccc(-c6cncc(N(C)C)c6)nc45)[nH]c23)c1. The molecular formula is C26H21FN8. The van der Waals surface area contributed by atoms with Crippen LogP contribution in [-0.2, 0) is 0 Å². The molecule has 6 aromatic rings. The molecule has 0 fully saturated rings. The summed E-state index contributed by atoms with van der Waals surface area (Å²) in [6, 6.07) is 12.7. The molecule has 0 saturated heterocycles. The Morgan fingerprint density at radius 1 is 0.943 bits per heavy atom. The lowest BCUT2D eigenvalue weighted by Gasteiger charge is -2.12. The number of anilines is 1. The van der Waals surface area contributed by atoms with Crippen LogP contribution in [0.5, 0.6) is 0 Å². The first-order valence-electron chi connectivity index (χ1n) is 11.1. The maximum atomic E-state index is 14.1. The molecule has 2 N–H and O–H groups in total. The second-order valence-corrected chi connectivity index (χ2v) is 8.65. The number of halogens is 1. The van der Waals surface area contributed by atoms with Gasteiger partial charge in [-0.3, -0.25) is 10.1 Å². The maximum absolute atomic E-state index is 14.1. The van der Waals surface area contributed by atoms with Crippen molar-refractivity contribution in [3.8, 4) is 33.9 Å². The van der Waals surface area contributed by atoms with Gasteiger partial charge >= 0.3 is 0 Å². The molecule has 5 aromatic heterocycles. The van der Waals surface area contributed by atoms with Crippen molar-refractivity contribution in [3.05, 3.63) is 72.4 Å². The van der Waals surface area contributed by atoms with E-state index in [9.17, 15) is 4.39 Å². The summed E-state index contributed by atoms with van der Waals surface area (Å²) in [4.78, 5) is 23.6. The van der Waals surface area contributed by atoms with Gasteiger partial charge in [0.25, 0.3) is 0 Å². The van der Waals surface area contributed by atoms with Gasteiger partial charge in [-0.15, -0.1) is 0 Å². The van der Waals surface area contributed by atoms with E-state index in [4.69, 9.17) is 4.98 Å². The number of aromatic nitrogens is 7. The van der Waals surface area contributed by atoms with Crippen LogP contribution in [0.4, 0.5) is 10.1 Å². The Hall–Kier alpha value is -4.66. The fraction of sp³-hybridized carbons (Fsp3) is 0.115. The zero-order valence-corrected chi connectivity index (χ0v) is 19.3. The molecule has 0 spiro atoms. The molecule has 0 aliphatic rings. The van der Waals surface area contributed by atoms with Crippen molar-refractivity contribution in [2.24, 2.45) is 0 Å². The van der Waals surface area contributed by atoms with E-state index in [1.54, 1.807) is 12.4 Å². The Balaban J connectivity index is 1.48. The van der Waals surface area contributed by atoms with Crippen molar-refractivity contribution in [2.75, 3.05) is 19.0 Å². The molecule has 0 amide bonds. The van der Waals surface area contributed by atoms with Crippen LogP contribution >= 0.6 is 0 Å².